The lowest BCUT2D eigenvalue weighted by molar-refractivity contribution is 0.445. The lowest BCUT2D eigenvalue weighted by Gasteiger charge is -2.19. The number of nitrogens with two attached hydrogens (primary N) is 1. The van der Waals surface area contributed by atoms with E-state index < -0.39 is 9.84 Å². The van der Waals surface area contributed by atoms with Gasteiger partial charge in [0.15, 0.2) is 9.84 Å². The summed E-state index contributed by atoms with van der Waals surface area (Å²) in [6.07, 6.45) is 6.13. The highest BCUT2D eigenvalue weighted by atomic mass is 32.2. The second-order valence-corrected chi connectivity index (χ2v) is 6.93. The molecule has 1 aliphatic carbocycles. The van der Waals surface area contributed by atoms with Gasteiger partial charge in [-0.15, -0.1) is 0 Å². The fourth-order valence-corrected chi connectivity index (χ4v) is 3.16. The Hall–Kier alpha value is -0.870. The zero-order valence-electron chi connectivity index (χ0n) is 10.1. The van der Waals surface area contributed by atoms with Crippen molar-refractivity contribution in [3.63, 3.8) is 0 Å². The summed E-state index contributed by atoms with van der Waals surface area (Å²) in [6, 6.07) is 7.05. The van der Waals surface area contributed by atoms with E-state index in [1.165, 1.54) is 31.9 Å². The van der Waals surface area contributed by atoms with Crippen molar-refractivity contribution in [1.82, 2.24) is 0 Å². The van der Waals surface area contributed by atoms with Gasteiger partial charge >= 0.3 is 0 Å². The molecule has 0 radical (unpaired) electrons. The van der Waals surface area contributed by atoms with Gasteiger partial charge in [-0.1, -0.05) is 25.0 Å². The molecule has 1 aliphatic rings. The number of hydrogen-bond acceptors (Lipinski definition) is 3. The summed E-state index contributed by atoms with van der Waals surface area (Å²) in [5.41, 5.74) is 7.26. The molecule has 0 saturated heterocycles. The van der Waals surface area contributed by atoms with Crippen LogP contribution in [0.15, 0.2) is 29.2 Å². The maximum Gasteiger partial charge on any atom is 0.175 e. The molecular weight excluding hydrogens is 234 g/mol. The van der Waals surface area contributed by atoms with E-state index in [4.69, 9.17) is 5.73 Å². The molecule has 1 saturated carbocycles. The van der Waals surface area contributed by atoms with Crippen LogP contribution in [0.2, 0.25) is 0 Å². The molecule has 1 fully saturated rings. The first-order valence-electron chi connectivity index (χ1n) is 6.04. The third-order valence-electron chi connectivity index (χ3n) is 3.60. The molecule has 2 N–H and O–H groups in total. The zero-order chi connectivity index (χ0) is 12.5. The summed E-state index contributed by atoms with van der Waals surface area (Å²) in [7, 11) is -3.11. The van der Waals surface area contributed by atoms with E-state index in [2.05, 4.69) is 0 Å². The highest BCUT2D eigenvalue weighted by molar-refractivity contribution is 7.90. The smallest absolute Gasteiger partial charge is 0.175 e. The second-order valence-electron chi connectivity index (χ2n) is 4.91. The first kappa shape index (κ1) is 12.6. The Balaban J connectivity index is 2.17. The summed E-state index contributed by atoms with van der Waals surface area (Å²) in [5.74, 6) is 0.555. The Labute approximate surface area is 103 Å². The van der Waals surface area contributed by atoms with Crippen LogP contribution < -0.4 is 5.73 Å². The lowest BCUT2D eigenvalue weighted by atomic mass is 9.93. The SMILES string of the molecule is CS(=O)(=O)c1ccc([C@@H](N)C2CCCC2)cc1. The van der Waals surface area contributed by atoms with Gasteiger partial charge in [0.2, 0.25) is 0 Å². The molecule has 1 atom stereocenters. The molecule has 0 aromatic heterocycles. The van der Waals surface area contributed by atoms with Crippen molar-refractivity contribution in [3.05, 3.63) is 29.8 Å². The predicted molar refractivity (Wildman–Crippen MR) is 68.4 cm³/mol. The summed E-state index contributed by atoms with van der Waals surface area (Å²) >= 11 is 0. The molecule has 4 heteroatoms. The van der Waals surface area contributed by atoms with Gasteiger partial charge in [0.1, 0.15) is 0 Å². The third-order valence-corrected chi connectivity index (χ3v) is 4.73. The monoisotopic (exact) mass is 253 g/mol. The van der Waals surface area contributed by atoms with Crippen LogP contribution in [0.25, 0.3) is 0 Å². The Morgan fingerprint density at radius 2 is 1.71 bits per heavy atom. The van der Waals surface area contributed by atoms with Crippen LogP contribution in [0, 0.1) is 5.92 Å². The van der Waals surface area contributed by atoms with Crippen LogP contribution in [0.1, 0.15) is 37.3 Å². The standard InChI is InChI=1S/C13H19NO2S/c1-17(15,16)12-8-6-11(7-9-12)13(14)10-4-2-3-5-10/h6-10,13H,2-5,14H2,1H3/t13-/m0/s1. The van der Waals surface area contributed by atoms with E-state index in [1.807, 2.05) is 12.1 Å². The van der Waals surface area contributed by atoms with Crippen LogP contribution in [0.5, 0.6) is 0 Å². The number of rotatable bonds is 3. The minimum Gasteiger partial charge on any atom is -0.324 e. The molecule has 3 nitrogen and oxygen atoms in total. The Morgan fingerprint density at radius 1 is 1.18 bits per heavy atom. The maximum atomic E-state index is 11.3. The average Bonchev–Trinajstić information content (AvgIpc) is 2.80. The summed E-state index contributed by atoms with van der Waals surface area (Å²) in [5, 5.41) is 0. The van der Waals surface area contributed by atoms with E-state index >= 15 is 0 Å². The van der Waals surface area contributed by atoms with Crippen LogP contribution in [-0.4, -0.2) is 14.7 Å². The summed E-state index contributed by atoms with van der Waals surface area (Å²) in [6.45, 7) is 0. The molecule has 2 rings (SSSR count). The fourth-order valence-electron chi connectivity index (χ4n) is 2.53. The van der Waals surface area contributed by atoms with Crippen LogP contribution >= 0.6 is 0 Å². The van der Waals surface area contributed by atoms with E-state index in [-0.39, 0.29) is 6.04 Å². The topological polar surface area (TPSA) is 60.2 Å². The van der Waals surface area contributed by atoms with Gasteiger partial charge in [0, 0.05) is 12.3 Å². The average molecular weight is 253 g/mol. The predicted octanol–water partition coefficient (Wildman–Crippen LogP) is 2.28. The van der Waals surface area contributed by atoms with Gasteiger partial charge in [0.05, 0.1) is 4.90 Å². The first-order valence-corrected chi connectivity index (χ1v) is 7.93. The van der Waals surface area contributed by atoms with Gasteiger partial charge in [0.25, 0.3) is 0 Å². The van der Waals surface area contributed by atoms with Crippen molar-refractivity contribution >= 4 is 9.84 Å². The van der Waals surface area contributed by atoms with Crippen molar-refractivity contribution in [3.8, 4) is 0 Å². The van der Waals surface area contributed by atoms with Crippen LogP contribution in [0.4, 0.5) is 0 Å². The normalized spacial score (nSPS) is 19.4. The van der Waals surface area contributed by atoms with E-state index in [0.717, 1.165) is 5.56 Å². The fraction of sp³-hybridized carbons (Fsp3) is 0.538. The van der Waals surface area contributed by atoms with Gasteiger partial charge in [-0.25, -0.2) is 8.42 Å². The van der Waals surface area contributed by atoms with Gasteiger partial charge in [-0.05, 0) is 36.5 Å². The van der Waals surface area contributed by atoms with Crippen molar-refractivity contribution in [2.24, 2.45) is 11.7 Å². The van der Waals surface area contributed by atoms with Gasteiger partial charge in [-0.2, -0.15) is 0 Å². The van der Waals surface area contributed by atoms with E-state index in [9.17, 15) is 8.42 Å². The molecule has 0 unspecified atom stereocenters. The minimum atomic E-state index is -3.11. The van der Waals surface area contributed by atoms with Crippen molar-refractivity contribution < 1.29 is 8.42 Å². The third kappa shape index (κ3) is 2.87. The van der Waals surface area contributed by atoms with Crippen LogP contribution in [0.3, 0.4) is 0 Å². The van der Waals surface area contributed by atoms with Crippen molar-refractivity contribution in [2.45, 2.75) is 36.6 Å². The first-order chi connectivity index (χ1) is 7.98. The zero-order valence-corrected chi connectivity index (χ0v) is 10.9. The maximum absolute atomic E-state index is 11.3. The Morgan fingerprint density at radius 3 is 2.18 bits per heavy atom. The molecular formula is C13H19NO2S. The molecule has 1 aromatic carbocycles. The van der Waals surface area contributed by atoms with Crippen LogP contribution in [-0.2, 0) is 9.84 Å². The van der Waals surface area contributed by atoms with E-state index in [0.29, 0.717) is 10.8 Å². The molecule has 0 spiro atoms. The molecule has 0 heterocycles. The summed E-state index contributed by atoms with van der Waals surface area (Å²) in [4.78, 5) is 0.361. The molecule has 0 amide bonds. The Bertz CT molecular complexity index is 473. The van der Waals surface area contributed by atoms with Crippen molar-refractivity contribution in [1.29, 1.82) is 0 Å². The van der Waals surface area contributed by atoms with Gasteiger partial charge in [-0.3, -0.25) is 0 Å². The minimum absolute atomic E-state index is 0.0473. The van der Waals surface area contributed by atoms with Crippen molar-refractivity contribution in [2.75, 3.05) is 6.26 Å². The highest BCUT2D eigenvalue weighted by Crippen LogP contribution is 2.34. The number of sulfone groups is 1. The quantitative estimate of drug-likeness (QED) is 0.899. The molecule has 94 valence electrons. The molecule has 1 aromatic rings. The number of benzene rings is 1. The van der Waals surface area contributed by atoms with Gasteiger partial charge < -0.3 is 5.73 Å². The molecule has 0 bridgehead atoms. The highest BCUT2D eigenvalue weighted by Gasteiger charge is 2.23. The molecule has 0 aliphatic heterocycles. The largest absolute Gasteiger partial charge is 0.324 e. The number of hydrogen-bond donors (Lipinski definition) is 1. The Kier molecular flexibility index (Phi) is 3.54. The van der Waals surface area contributed by atoms with E-state index in [1.54, 1.807) is 12.1 Å². The molecule has 17 heavy (non-hydrogen) atoms. The lowest BCUT2D eigenvalue weighted by Crippen LogP contribution is -2.19. The second kappa shape index (κ2) is 4.78. The summed E-state index contributed by atoms with van der Waals surface area (Å²) < 4.78 is 22.7.